The van der Waals surface area contributed by atoms with Gasteiger partial charge in [0.25, 0.3) is 0 Å². The van der Waals surface area contributed by atoms with Crippen molar-refractivity contribution in [3.8, 4) is 0 Å². The molecule has 4 heterocycles. The molecule has 132 heavy (non-hydrogen) atoms. The van der Waals surface area contributed by atoms with E-state index in [0.29, 0.717) is 59.0 Å². The van der Waals surface area contributed by atoms with Gasteiger partial charge in [-0.05, 0) is 93.7 Å². The van der Waals surface area contributed by atoms with Gasteiger partial charge in [-0.3, -0.25) is 82.6 Å². The van der Waals surface area contributed by atoms with Crippen LogP contribution in [0.25, 0.3) is 21.8 Å². The number of aliphatic hydroxyl groups is 3. The summed E-state index contributed by atoms with van der Waals surface area (Å²) in [5.41, 5.74) is 20.3. The zero-order chi connectivity index (χ0) is 97.0. The van der Waals surface area contributed by atoms with Crippen molar-refractivity contribution in [2.45, 2.75) is 216 Å². The molecule has 42 nitrogen and oxygen atoms in total. The first-order chi connectivity index (χ1) is 62.9. The standard InChI is InChI=1S/C89H132N24O18S/c1-11-13-30-71(83(126)103-62(29-22-33-96-89(92)93)79(122)108-70(78(121)99-44-74(91)117)48-132-49-76(119)102-66(36-53-23-16-15-17-24-53)85(128)110(8)52(5)77(120)104-68(40-73(90)116)87(130)113-34-32-57(115)45-113)111(9)88(131)72(31-14-12-2)112(10)86(129)67(38-55-42-98-61-28-21-19-26-59(55)61)106-82(125)69(47-114)107-81(124)64(37-54-41-97-60-27-20-18-25-58(54)60)101-75(118)46-109(7)84(127)65(35-51(3)4)105-80(123)63(94-6)39-56-43-95-50-100-56/h15-21,23-28,41-43,50-52,57,62-72,75,94,97-98,101,114-115,118H,11-14,22,29-40,44-49H2,1-10H3,(H2,90,116)(H2,91,117)(H,95,100)(H,99,121)(H,102,119)(H,103,126)(H,104,120)(H,105,123)(H,106,125)(H,107,124)(H,108,122)(H4,92,93,96)/t52-,57+,62-,63-,64-,65-,66-,67-,68-,69-,70-,71-,72-,75?/m0/s1. The summed E-state index contributed by atoms with van der Waals surface area (Å²) in [4.78, 5) is 233. The zero-order valence-corrected chi connectivity index (χ0v) is 77.3. The van der Waals surface area contributed by atoms with Crippen LogP contribution in [0.4, 0.5) is 0 Å². The molecule has 24 N–H and O–H groups in total. The number of H-pyrrole nitrogens is 3. The summed E-state index contributed by atoms with van der Waals surface area (Å²) in [6, 6.07) is 6.60. The predicted octanol–water partition coefficient (Wildman–Crippen LogP) is -2.65. The van der Waals surface area contributed by atoms with Crippen molar-refractivity contribution in [2.75, 3.05) is 86.1 Å². The maximum absolute atomic E-state index is 15.7. The number of carbonyl (C=O) groups is 15. The molecule has 3 aromatic carbocycles. The summed E-state index contributed by atoms with van der Waals surface area (Å²) in [6.45, 7) is 6.86. The minimum Gasteiger partial charge on any atom is -0.394 e. The van der Waals surface area contributed by atoms with Crippen LogP contribution in [-0.2, 0) is 97.6 Å². The summed E-state index contributed by atoms with van der Waals surface area (Å²) >= 11 is 0.815. The first-order valence-corrected chi connectivity index (χ1v) is 45.5. The molecule has 0 spiro atoms. The Balaban J connectivity index is 1.10. The molecule has 0 aliphatic carbocycles. The number of amides is 15. The number of likely N-dealkylation sites (N-methyl/N-ethyl adjacent to an activating group) is 5. The highest BCUT2D eigenvalue weighted by Crippen LogP contribution is 2.25. The van der Waals surface area contributed by atoms with E-state index in [1.165, 1.54) is 56.1 Å². The van der Waals surface area contributed by atoms with E-state index in [-0.39, 0.29) is 95.5 Å². The Morgan fingerprint density at radius 1 is 0.568 bits per heavy atom. The molecular formula is C89H132N24O18S. The number of nitrogens with one attached hydrogen (secondary N) is 15. The Labute approximate surface area is 771 Å². The lowest BCUT2D eigenvalue weighted by Crippen LogP contribution is -2.61. The fourth-order valence-corrected chi connectivity index (χ4v) is 16.3. The van der Waals surface area contributed by atoms with Crippen molar-refractivity contribution >= 4 is 128 Å². The molecule has 0 radical (unpaired) electrons. The lowest BCUT2D eigenvalue weighted by atomic mass is 10.00. The number of imidazole rings is 1. The van der Waals surface area contributed by atoms with E-state index in [1.54, 1.807) is 86.3 Å². The van der Waals surface area contributed by atoms with E-state index in [2.05, 4.69) is 78.4 Å². The predicted molar refractivity (Wildman–Crippen MR) is 494 cm³/mol. The maximum atomic E-state index is 15.7. The summed E-state index contributed by atoms with van der Waals surface area (Å²) in [5.74, 6) is -13.4. The molecule has 6 aromatic rings. The Hall–Kier alpha value is -12.6. The minimum absolute atomic E-state index is 0.00282. The summed E-state index contributed by atoms with van der Waals surface area (Å²) < 4.78 is 0. The van der Waals surface area contributed by atoms with E-state index < -0.39 is 211 Å². The number of β-amino-alcohol motifs (C(OH)–C–C–N with tert-alkyl or cyclic N) is 1. The molecule has 0 saturated carbocycles. The highest BCUT2D eigenvalue weighted by molar-refractivity contribution is 8.00. The van der Waals surface area contributed by atoms with Crippen LogP contribution in [0, 0.1) is 11.3 Å². The largest absolute Gasteiger partial charge is 0.394 e. The van der Waals surface area contributed by atoms with Crippen LogP contribution >= 0.6 is 11.8 Å². The van der Waals surface area contributed by atoms with E-state index in [0.717, 1.165) is 32.5 Å². The van der Waals surface area contributed by atoms with Crippen molar-refractivity contribution in [3.63, 3.8) is 0 Å². The number of fused-ring (bicyclic) bond motifs is 2. The number of likely N-dealkylation sites (tertiary alicyclic amines) is 1. The van der Waals surface area contributed by atoms with Crippen LogP contribution in [-0.4, -0.2) is 325 Å². The van der Waals surface area contributed by atoms with Crippen LogP contribution in [0.1, 0.15) is 128 Å². The highest BCUT2D eigenvalue weighted by Gasteiger charge is 2.42. The number of hydrogen-bond donors (Lipinski definition) is 21. The maximum Gasteiger partial charge on any atom is 0.245 e. The molecule has 7 rings (SSSR count). The van der Waals surface area contributed by atoms with Crippen molar-refractivity contribution in [3.05, 3.63) is 126 Å². The second-order valence-corrected chi connectivity index (χ2v) is 34.6. The zero-order valence-electron chi connectivity index (χ0n) is 76.5. The number of para-hydroxylation sites is 2. The van der Waals surface area contributed by atoms with Crippen molar-refractivity contribution in [1.29, 1.82) is 5.41 Å². The average molecular weight is 1860 g/mol. The molecule has 1 unspecified atom stereocenters. The van der Waals surface area contributed by atoms with Gasteiger partial charge in [0.05, 0.1) is 56.4 Å². The third kappa shape index (κ3) is 32.5. The number of aliphatic hydroxyl groups excluding tert-OH is 3. The van der Waals surface area contributed by atoms with Gasteiger partial charge in [0.15, 0.2) is 5.96 Å². The number of guanidine groups is 1. The molecular weight excluding hydrogens is 1730 g/mol. The van der Waals surface area contributed by atoms with Gasteiger partial charge in [-0.2, -0.15) is 0 Å². The third-order valence-electron chi connectivity index (χ3n) is 22.9. The topological polar surface area (TPSA) is 627 Å². The molecule has 1 saturated heterocycles. The molecule has 1 fully saturated rings. The van der Waals surface area contributed by atoms with Crippen molar-refractivity contribution in [1.82, 2.24) is 103 Å². The second kappa shape index (κ2) is 53.1. The number of aromatic nitrogens is 4. The molecule has 1 aliphatic heterocycles. The van der Waals surface area contributed by atoms with Crippen LogP contribution in [0.5, 0.6) is 0 Å². The smallest absolute Gasteiger partial charge is 0.245 e. The molecule has 3 aromatic heterocycles. The van der Waals surface area contributed by atoms with Gasteiger partial charge in [-0.25, -0.2) is 4.98 Å². The van der Waals surface area contributed by atoms with Crippen LogP contribution in [0.3, 0.4) is 0 Å². The number of rotatable bonds is 56. The number of carbonyl (C=O) groups excluding carboxylic acids is 15. The minimum atomic E-state index is -1.78. The number of benzene rings is 3. The Kier molecular flexibility index (Phi) is 42.8. The van der Waals surface area contributed by atoms with Crippen LogP contribution in [0.2, 0.25) is 0 Å². The van der Waals surface area contributed by atoms with Gasteiger partial charge < -0.3 is 125 Å². The van der Waals surface area contributed by atoms with Crippen LogP contribution < -0.4 is 75.7 Å². The van der Waals surface area contributed by atoms with Crippen molar-refractivity contribution < 1.29 is 87.2 Å². The number of unbranched alkanes of at least 4 members (excludes halogenated alkanes) is 2. The lowest BCUT2D eigenvalue weighted by Gasteiger charge is -2.36. The van der Waals surface area contributed by atoms with Crippen LogP contribution in [0.15, 0.2) is 104 Å². The summed E-state index contributed by atoms with van der Waals surface area (Å²) in [5, 5.41) is 72.1. The van der Waals surface area contributed by atoms with E-state index in [9.17, 15) is 68.1 Å². The molecule has 1 aliphatic rings. The fourth-order valence-electron chi connectivity index (χ4n) is 15.4. The van der Waals surface area contributed by atoms with Gasteiger partial charge in [-0.15, -0.1) is 11.8 Å². The van der Waals surface area contributed by atoms with E-state index in [1.807, 2.05) is 45.9 Å². The number of hydrogen-bond acceptors (Lipinski definition) is 23. The first kappa shape index (κ1) is 106. The molecule has 0 bridgehead atoms. The molecule has 15 amide bonds. The number of aromatic amines is 3. The lowest BCUT2D eigenvalue weighted by molar-refractivity contribution is -0.149. The molecule has 722 valence electrons. The Bertz CT molecular complexity index is 4880. The third-order valence-corrected chi connectivity index (χ3v) is 24.0. The second-order valence-electron chi connectivity index (χ2n) is 33.6. The molecule has 43 heteroatoms. The van der Waals surface area contributed by atoms with E-state index in [4.69, 9.17) is 22.6 Å². The van der Waals surface area contributed by atoms with Gasteiger partial charge >= 0.3 is 0 Å². The number of nitrogens with two attached hydrogens (primary N) is 3. The van der Waals surface area contributed by atoms with Crippen molar-refractivity contribution in [2.24, 2.45) is 23.1 Å². The van der Waals surface area contributed by atoms with Gasteiger partial charge in [0, 0.05) is 119 Å². The highest BCUT2D eigenvalue weighted by atomic mass is 32.2. The average Bonchev–Trinajstić information content (AvgIpc) is 1.47. The summed E-state index contributed by atoms with van der Waals surface area (Å²) in [7, 11) is 7.08. The Morgan fingerprint density at radius 3 is 1.69 bits per heavy atom. The number of nitrogens with zero attached hydrogens (tertiary/aromatic N) is 6. The fraction of sp³-hybridized carbons (Fsp3) is 0.539. The number of primary amides is 2. The number of thioether (sulfide) groups is 1. The molecule has 14 atom stereocenters. The first-order valence-electron chi connectivity index (χ1n) is 44.3. The normalized spacial score (nSPS) is 15.5. The monoisotopic (exact) mass is 1860 g/mol. The Morgan fingerprint density at radius 2 is 1.11 bits per heavy atom. The van der Waals surface area contributed by atoms with Gasteiger partial charge in [-0.1, -0.05) is 120 Å². The SMILES string of the molecule is CCCC[C@@H](C(=O)N(C)[C@@H](CCCC)C(=O)N[C@@H](CCCNC(=N)N)C(=O)N[C@@H](CSCC(=O)N[C@@H](Cc1ccccc1)C(=O)N(C)[C@@H](C)C(=O)N[C@@H](CC(N)=O)C(=O)N1CC[C@@H](O)C1)C(=O)NCC(N)=O)N(C)C(=O)[C@H](Cc1c[nH]c2ccccc12)NC(=O)[C@H](CO)NC(=O)[C@H](Cc1c[nH]c2ccccc12)NC(O)CN(C)C(=O)[C@H](CC(C)C)NC(=O)[C@H](Cc1cnc[nH]1)NC. The quantitative estimate of drug-likeness (QED) is 0.00802. The van der Waals surface area contributed by atoms with Gasteiger partial charge in [0.2, 0.25) is 88.6 Å². The van der Waals surface area contributed by atoms with Gasteiger partial charge in [0.1, 0.15) is 66.6 Å². The van der Waals surface area contributed by atoms with E-state index >= 15 is 19.2 Å². The summed E-state index contributed by atoms with van der Waals surface area (Å²) in [6.07, 6.45) is 5.30.